The van der Waals surface area contributed by atoms with E-state index in [1.54, 1.807) is 0 Å². The van der Waals surface area contributed by atoms with Crippen molar-refractivity contribution in [3.8, 4) is 23.0 Å². The van der Waals surface area contributed by atoms with Crippen LogP contribution in [-0.4, -0.2) is 106 Å². The van der Waals surface area contributed by atoms with E-state index in [9.17, 15) is 71.8 Å². The minimum Gasteiger partial charge on any atom is -0.394 e. The highest BCUT2D eigenvalue weighted by Crippen LogP contribution is 2.69. The Kier molecular flexibility index (Phi) is 13.8. The lowest BCUT2D eigenvalue weighted by Gasteiger charge is -2.29. The second-order valence-corrected chi connectivity index (χ2v) is 22.5. The maximum atomic E-state index is 16.3. The molecule has 16 nitrogen and oxygen atoms in total. The number of alkyl halides is 8. The Morgan fingerprint density at radius 2 is 1.58 bits per heavy atom. The van der Waals surface area contributed by atoms with Gasteiger partial charge in [-0.05, 0) is 74.4 Å². The summed E-state index contributed by atoms with van der Waals surface area (Å²) in [6.45, 7) is -1.65. The molecular weight excluding hydrogens is 1050 g/mol. The largest absolute Gasteiger partial charge is 0.435 e. The Balaban J connectivity index is 1.63. The van der Waals surface area contributed by atoms with Gasteiger partial charge in [0.15, 0.2) is 21.3 Å². The van der Waals surface area contributed by atoms with Crippen molar-refractivity contribution < 1.29 is 80.5 Å². The second kappa shape index (κ2) is 18.5. The molecule has 72 heavy (non-hydrogen) atoms. The van der Waals surface area contributed by atoms with Crippen LogP contribution in [0.25, 0.3) is 22.0 Å². The van der Waals surface area contributed by atoms with Gasteiger partial charge in [-0.2, -0.15) is 49.6 Å². The lowest BCUT2D eigenvalue weighted by atomic mass is 9.84. The summed E-state index contributed by atoms with van der Waals surface area (Å²) < 4.78 is 201. The van der Waals surface area contributed by atoms with Gasteiger partial charge < -0.3 is 21.3 Å². The number of halogens is 11. The number of amides is 3. The van der Waals surface area contributed by atoms with Crippen molar-refractivity contribution in [2.45, 2.75) is 80.2 Å². The van der Waals surface area contributed by atoms with Crippen molar-refractivity contribution in [2.75, 3.05) is 30.0 Å². The molecule has 388 valence electrons. The molecule has 7 rings (SSSR count). The number of benzene rings is 2. The molecular formula is C43H39ClF10N8O8S2. The summed E-state index contributed by atoms with van der Waals surface area (Å²) in [5.41, 5.74) is -1.60. The number of carbonyl (C=O) groups excluding carboxylic acids is 2. The number of nitrogens with two attached hydrogens (primary N) is 1. The molecule has 2 aromatic carbocycles. The summed E-state index contributed by atoms with van der Waals surface area (Å²) in [5, 5.41) is 27.2. The molecule has 0 bridgehead atoms. The van der Waals surface area contributed by atoms with Crippen LogP contribution in [0, 0.1) is 29.4 Å². The first-order valence-electron chi connectivity index (χ1n) is 21.0. The Morgan fingerprint density at radius 1 is 0.972 bits per heavy atom. The molecule has 3 amide bonds. The van der Waals surface area contributed by atoms with E-state index in [0.717, 1.165) is 30.5 Å². The molecule has 2 aliphatic rings. The number of sulfone groups is 1. The zero-order valence-corrected chi connectivity index (χ0v) is 39.9. The maximum Gasteiger partial charge on any atom is 0.435 e. The van der Waals surface area contributed by atoms with Crippen molar-refractivity contribution in [1.82, 2.24) is 29.9 Å². The summed E-state index contributed by atoms with van der Waals surface area (Å²) in [7, 11) is -8.95. The number of urea groups is 1. The minimum absolute atomic E-state index is 0.0433. The van der Waals surface area contributed by atoms with Gasteiger partial charge in [0.25, 0.3) is 5.92 Å². The fraction of sp³-hybridized carbons (Fsp3) is 0.419. The third-order valence-electron chi connectivity index (χ3n) is 12.1. The number of pyridine rings is 1. The van der Waals surface area contributed by atoms with Gasteiger partial charge in [-0.3, -0.25) is 9.48 Å². The van der Waals surface area contributed by atoms with E-state index in [1.165, 1.54) is 13.8 Å². The Morgan fingerprint density at radius 3 is 2.12 bits per heavy atom. The van der Waals surface area contributed by atoms with Gasteiger partial charge in [0, 0.05) is 40.8 Å². The third kappa shape index (κ3) is 10.2. The maximum absolute atomic E-state index is 16.3. The monoisotopic (exact) mass is 1080 g/mol. The van der Waals surface area contributed by atoms with Gasteiger partial charge in [-0.15, -0.1) is 0 Å². The van der Waals surface area contributed by atoms with E-state index in [1.807, 2.05) is 5.32 Å². The number of aliphatic hydroxyl groups is 2. The minimum atomic E-state index is -5.42. The SMILES string of the molecule is CC(C)(C#Cc1ccc(-c2ccc(Cl)c3c(N(C(=O)NC(CO)CO)S(C)(=O)=O)nn(CC(F)(F)F)c23)c([C@@H](Cc2cc(F)cc(F)c2)C(C(N)=O)n2nc(C(F)(F)F)c3c2C(F)(F)[C@@H]2C[C@H]32)n1)S(C)(=O)=O. The van der Waals surface area contributed by atoms with E-state index < -0.39 is 196 Å². The molecule has 4 atom stereocenters. The van der Waals surface area contributed by atoms with Gasteiger partial charge >= 0.3 is 18.4 Å². The Labute approximate surface area is 407 Å². The number of hydrogen-bond donors (Lipinski definition) is 4. The van der Waals surface area contributed by atoms with Crippen molar-refractivity contribution in [3.63, 3.8) is 0 Å². The van der Waals surface area contributed by atoms with E-state index in [0.29, 0.717) is 24.5 Å². The number of nitrogens with one attached hydrogen (secondary N) is 1. The fourth-order valence-corrected chi connectivity index (χ4v) is 9.78. The Hall–Kier alpha value is -6.02. The van der Waals surface area contributed by atoms with Crippen LogP contribution in [0.3, 0.4) is 0 Å². The summed E-state index contributed by atoms with van der Waals surface area (Å²) in [4.78, 5) is 32.1. The first-order valence-corrected chi connectivity index (χ1v) is 25.1. The highest BCUT2D eigenvalue weighted by molar-refractivity contribution is 7.93. The number of hydrogen-bond acceptors (Lipinski definition) is 11. The number of aromatic nitrogens is 5. The van der Waals surface area contributed by atoms with E-state index >= 15 is 8.78 Å². The van der Waals surface area contributed by atoms with Crippen molar-refractivity contribution in [1.29, 1.82) is 0 Å². The highest BCUT2D eigenvalue weighted by Gasteiger charge is 2.69. The van der Waals surface area contributed by atoms with Crippen LogP contribution in [0.4, 0.5) is 54.5 Å². The first kappa shape index (κ1) is 53.8. The van der Waals surface area contributed by atoms with Crippen molar-refractivity contribution in [2.24, 2.45) is 11.7 Å². The normalized spacial score (nSPS) is 17.5. The summed E-state index contributed by atoms with van der Waals surface area (Å²) >= 11 is 6.60. The number of anilines is 1. The summed E-state index contributed by atoms with van der Waals surface area (Å²) in [5.74, 6) is -9.64. The molecule has 1 saturated carbocycles. The van der Waals surface area contributed by atoms with Crippen molar-refractivity contribution >= 4 is 60.1 Å². The molecule has 0 aliphatic heterocycles. The number of sulfonamides is 1. The van der Waals surface area contributed by atoms with Gasteiger partial charge in [0.1, 0.15) is 40.4 Å². The third-order valence-corrected chi connectivity index (χ3v) is 15.4. The molecule has 0 radical (unpaired) electrons. The van der Waals surface area contributed by atoms with E-state index in [-0.39, 0.29) is 13.7 Å². The molecule has 1 unspecified atom stereocenters. The van der Waals surface area contributed by atoms with Crippen LogP contribution in [0.1, 0.15) is 72.0 Å². The Bertz CT molecular complexity index is 3310. The number of rotatable bonds is 14. The fourth-order valence-electron chi connectivity index (χ4n) is 8.52. The topological polar surface area (TPSA) is 233 Å². The standard InChI is InChI=1S/C43H39ClF10N8O8S2/c1-40(2,71(3,67)68)10-9-22-5-6-24(25-7-8-29(44)31-33(25)60(18-41(47,48)49)59-38(31)62(72(4,69)70)39(66)57-23(16-63)17-64)32(56-22)27(13-19-11-20(45)14-21(46)12-19)34(37(55)65)61-36-30(35(58-61)43(52,53)54)26-15-28(26)42(36,50)51/h5-8,11-12,14,23,26-28,34,63-64H,13,15-18H2,1-4H3,(H2,55,65)(H,57,66)/t26-,27+,28+,34?/m0/s1. The van der Waals surface area contributed by atoms with Crippen LogP contribution in [0.2, 0.25) is 5.02 Å². The lowest BCUT2D eigenvalue weighted by Crippen LogP contribution is -2.50. The van der Waals surface area contributed by atoms with E-state index in [2.05, 4.69) is 27.0 Å². The smallest absolute Gasteiger partial charge is 0.394 e. The van der Waals surface area contributed by atoms with Crippen LogP contribution in [-0.2, 0) is 49.7 Å². The summed E-state index contributed by atoms with van der Waals surface area (Å²) in [6.07, 6.45) is -10.8. The second-order valence-electron chi connectivity index (χ2n) is 17.7. The number of primary amides is 1. The van der Waals surface area contributed by atoms with Crippen LogP contribution in [0.5, 0.6) is 0 Å². The zero-order valence-electron chi connectivity index (χ0n) is 37.5. The molecule has 3 heterocycles. The number of carbonyl (C=O) groups is 2. The van der Waals surface area contributed by atoms with Gasteiger partial charge in [-0.25, -0.2) is 40.1 Å². The predicted molar refractivity (Wildman–Crippen MR) is 237 cm³/mol. The van der Waals surface area contributed by atoms with Crippen molar-refractivity contribution in [3.05, 3.63) is 93.0 Å². The van der Waals surface area contributed by atoms with Crippen LogP contribution < -0.4 is 15.4 Å². The molecule has 2 aliphatic carbocycles. The molecule has 0 spiro atoms. The lowest BCUT2D eigenvalue weighted by molar-refractivity contribution is -0.143. The zero-order chi connectivity index (χ0) is 53.6. The average molecular weight is 1090 g/mol. The average Bonchev–Trinajstić information content (AvgIpc) is 3.74. The number of fused-ring (bicyclic) bond motifs is 4. The van der Waals surface area contributed by atoms with Gasteiger partial charge in [-0.1, -0.05) is 23.6 Å². The van der Waals surface area contributed by atoms with Gasteiger partial charge in [0.2, 0.25) is 15.9 Å². The molecule has 1 fully saturated rings. The summed E-state index contributed by atoms with van der Waals surface area (Å²) in [6, 6.07) is 0.0611. The quantitative estimate of drug-likeness (QED) is 0.0736. The van der Waals surface area contributed by atoms with Crippen LogP contribution in [0.15, 0.2) is 42.5 Å². The molecule has 29 heteroatoms. The highest BCUT2D eigenvalue weighted by atomic mass is 35.5. The molecule has 0 saturated heterocycles. The number of nitrogens with zero attached hydrogens (tertiary/aromatic N) is 6. The number of aliphatic hydroxyl groups excluding tert-OH is 2. The molecule has 5 aromatic rings. The van der Waals surface area contributed by atoms with Crippen LogP contribution >= 0.6 is 11.6 Å². The van der Waals surface area contributed by atoms with Gasteiger partial charge in [0.05, 0.1) is 47.1 Å². The molecule has 5 N–H and O–H groups in total. The first-order chi connectivity index (χ1) is 33.1. The van der Waals surface area contributed by atoms with E-state index in [4.69, 9.17) is 17.3 Å². The predicted octanol–water partition coefficient (Wildman–Crippen LogP) is 6.07. The molecule has 3 aromatic heterocycles.